The van der Waals surface area contributed by atoms with Crippen molar-refractivity contribution < 1.29 is 9.11 Å². The Kier molecular flexibility index (Phi) is 5.97. The van der Waals surface area contributed by atoms with Gasteiger partial charge in [-0.15, -0.1) is 0 Å². The summed E-state index contributed by atoms with van der Waals surface area (Å²) >= 11 is 0. The lowest BCUT2D eigenvalue weighted by Crippen LogP contribution is -2.00. The van der Waals surface area contributed by atoms with E-state index < -0.39 is 10.6 Å². The molecule has 0 bridgehead atoms. The highest BCUT2D eigenvalue weighted by Crippen LogP contribution is 2.48. The third-order valence-electron chi connectivity index (χ3n) is 1.93. The molecule has 1 rings (SSSR count). The third-order valence-corrected chi connectivity index (χ3v) is 3.83. The van der Waals surface area contributed by atoms with Crippen LogP contribution in [0.2, 0.25) is 0 Å². The van der Waals surface area contributed by atoms with Gasteiger partial charge in [-0.2, -0.15) is 10.6 Å². The van der Waals surface area contributed by atoms with E-state index in [0.717, 1.165) is 12.8 Å². The van der Waals surface area contributed by atoms with Gasteiger partial charge in [0.1, 0.15) is 0 Å². The fraction of sp³-hybridized carbons (Fsp3) is 1.00. The van der Waals surface area contributed by atoms with Crippen LogP contribution in [0.25, 0.3) is 0 Å². The predicted molar refractivity (Wildman–Crippen MR) is 56.9 cm³/mol. The van der Waals surface area contributed by atoms with Gasteiger partial charge >= 0.3 is 0 Å². The first-order chi connectivity index (χ1) is 5.55. The van der Waals surface area contributed by atoms with Gasteiger partial charge < -0.3 is 0 Å². The van der Waals surface area contributed by atoms with E-state index in [2.05, 4.69) is 20.8 Å². The third kappa shape index (κ3) is 5.01. The highest BCUT2D eigenvalue weighted by molar-refractivity contribution is 8.24. The van der Waals surface area contributed by atoms with Gasteiger partial charge in [0.05, 0.1) is 0 Å². The van der Waals surface area contributed by atoms with Gasteiger partial charge in [-0.1, -0.05) is 33.6 Å². The van der Waals surface area contributed by atoms with Crippen LogP contribution in [-0.4, -0.2) is 20.6 Å². The number of rotatable bonds is 1. The second-order valence-electron chi connectivity index (χ2n) is 3.44. The molecule has 1 fully saturated rings. The molecule has 12 heavy (non-hydrogen) atoms. The Labute approximate surface area is 77.7 Å². The Morgan fingerprint density at radius 1 is 1.25 bits per heavy atom. The van der Waals surface area contributed by atoms with Crippen LogP contribution in [-0.2, 0) is 0 Å². The van der Waals surface area contributed by atoms with Crippen molar-refractivity contribution >= 4 is 10.6 Å². The van der Waals surface area contributed by atoms with Crippen LogP contribution in [0, 0.1) is 5.92 Å². The molecule has 0 radical (unpaired) electrons. The van der Waals surface area contributed by atoms with Crippen LogP contribution in [0.5, 0.6) is 0 Å². The van der Waals surface area contributed by atoms with Gasteiger partial charge in [0.15, 0.2) is 0 Å². The Hall–Kier alpha value is 0.270. The SMILES string of the molecule is CCC.CCC1CCS(O)(O)C1. The normalized spacial score (nSPS) is 28.9. The zero-order chi connectivity index (χ0) is 9.61. The molecule has 1 saturated heterocycles. The van der Waals surface area contributed by atoms with Crippen molar-refractivity contribution in [1.82, 2.24) is 0 Å². The first kappa shape index (κ1) is 12.3. The van der Waals surface area contributed by atoms with Crippen LogP contribution in [0.4, 0.5) is 0 Å². The minimum Gasteiger partial charge on any atom is -0.299 e. The van der Waals surface area contributed by atoms with Crippen LogP contribution in [0.1, 0.15) is 40.0 Å². The Bertz CT molecular complexity index is 115. The summed E-state index contributed by atoms with van der Waals surface area (Å²) < 4.78 is 18.3. The lowest BCUT2D eigenvalue weighted by Gasteiger charge is -2.25. The Balaban J connectivity index is 0.000000354. The molecule has 1 atom stereocenters. The average Bonchev–Trinajstić information content (AvgIpc) is 2.32. The maximum atomic E-state index is 9.13. The van der Waals surface area contributed by atoms with Gasteiger partial charge in [-0.3, -0.25) is 9.11 Å². The molecule has 2 N–H and O–H groups in total. The molecule has 0 spiro atoms. The van der Waals surface area contributed by atoms with Crippen molar-refractivity contribution in [3.63, 3.8) is 0 Å². The Morgan fingerprint density at radius 2 is 1.75 bits per heavy atom. The van der Waals surface area contributed by atoms with E-state index in [1.165, 1.54) is 6.42 Å². The van der Waals surface area contributed by atoms with Crippen molar-refractivity contribution in [2.24, 2.45) is 5.92 Å². The van der Waals surface area contributed by atoms with Crippen LogP contribution in [0.15, 0.2) is 0 Å². The van der Waals surface area contributed by atoms with Crippen molar-refractivity contribution in [1.29, 1.82) is 0 Å². The minimum absolute atomic E-state index is 0.579. The monoisotopic (exact) mass is 194 g/mol. The van der Waals surface area contributed by atoms with E-state index in [4.69, 9.17) is 9.11 Å². The first-order valence-electron chi connectivity index (χ1n) is 4.79. The zero-order valence-electron chi connectivity index (χ0n) is 8.42. The molecule has 0 aromatic rings. The van der Waals surface area contributed by atoms with Crippen molar-refractivity contribution in [3.8, 4) is 0 Å². The number of hydrogen-bond acceptors (Lipinski definition) is 2. The van der Waals surface area contributed by atoms with Crippen LogP contribution >= 0.6 is 10.6 Å². The molecule has 0 saturated carbocycles. The molecule has 1 unspecified atom stereocenters. The molecule has 76 valence electrons. The largest absolute Gasteiger partial charge is 0.299 e. The van der Waals surface area contributed by atoms with Crippen molar-refractivity contribution in [2.75, 3.05) is 11.5 Å². The fourth-order valence-corrected chi connectivity index (χ4v) is 3.26. The topological polar surface area (TPSA) is 40.5 Å². The summed E-state index contributed by atoms with van der Waals surface area (Å²) in [6, 6.07) is 0. The summed E-state index contributed by atoms with van der Waals surface area (Å²) in [4.78, 5) is 0. The van der Waals surface area contributed by atoms with Gasteiger partial charge in [-0.05, 0) is 12.3 Å². The second kappa shape index (κ2) is 5.84. The summed E-state index contributed by atoms with van der Waals surface area (Å²) in [5, 5.41) is 0. The van der Waals surface area contributed by atoms with E-state index in [-0.39, 0.29) is 0 Å². The van der Waals surface area contributed by atoms with E-state index in [1.807, 2.05) is 0 Å². The lowest BCUT2D eigenvalue weighted by molar-refractivity contribution is 0.490. The summed E-state index contributed by atoms with van der Waals surface area (Å²) in [7, 11) is -2.11. The maximum Gasteiger partial charge on any atom is 0.0403 e. The predicted octanol–water partition coefficient (Wildman–Crippen LogP) is 3.58. The minimum atomic E-state index is -2.11. The Morgan fingerprint density at radius 3 is 1.92 bits per heavy atom. The van der Waals surface area contributed by atoms with Crippen LogP contribution in [0.3, 0.4) is 0 Å². The molecule has 0 amide bonds. The van der Waals surface area contributed by atoms with E-state index >= 15 is 0 Å². The molecule has 0 aromatic heterocycles. The second-order valence-corrected chi connectivity index (χ2v) is 5.79. The van der Waals surface area contributed by atoms with E-state index in [0.29, 0.717) is 17.4 Å². The molecular weight excluding hydrogens is 172 g/mol. The fourth-order valence-electron chi connectivity index (χ4n) is 1.22. The molecule has 1 aliphatic heterocycles. The maximum absolute atomic E-state index is 9.13. The molecular formula is C9H22O2S. The van der Waals surface area contributed by atoms with Crippen LogP contribution < -0.4 is 0 Å². The van der Waals surface area contributed by atoms with Gasteiger partial charge in [0.25, 0.3) is 0 Å². The summed E-state index contributed by atoms with van der Waals surface area (Å²) in [6.45, 7) is 6.35. The van der Waals surface area contributed by atoms with Crippen molar-refractivity contribution in [2.45, 2.75) is 40.0 Å². The average molecular weight is 194 g/mol. The van der Waals surface area contributed by atoms with Gasteiger partial charge in [0, 0.05) is 11.5 Å². The molecule has 3 heteroatoms. The standard InChI is InChI=1S/C6H14O2S.C3H8/c1-2-6-3-4-9(7,8)5-6;1-3-2/h6-8H,2-5H2,1H3;3H2,1-2H3. The number of hydrogen-bond donors (Lipinski definition) is 2. The first-order valence-corrected chi connectivity index (χ1v) is 6.67. The van der Waals surface area contributed by atoms with E-state index in [9.17, 15) is 0 Å². The molecule has 0 aromatic carbocycles. The highest BCUT2D eigenvalue weighted by Gasteiger charge is 2.26. The molecule has 1 heterocycles. The molecule has 0 aliphatic carbocycles. The van der Waals surface area contributed by atoms with Gasteiger partial charge in [0.2, 0.25) is 0 Å². The quantitative estimate of drug-likeness (QED) is 0.669. The molecule has 1 aliphatic rings. The lowest BCUT2D eigenvalue weighted by atomic mass is 10.1. The van der Waals surface area contributed by atoms with Crippen molar-refractivity contribution in [3.05, 3.63) is 0 Å². The summed E-state index contributed by atoms with van der Waals surface area (Å²) in [5.41, 5.74) is 0. The summed E-state index contributed by atoms with van der Waals surface area (Å²) in [6.07, 6.45) is 3.36. The summed E-state index contributed by atoms with van der Waals surface area (Å²) in [5.74, 6) is 1.88. The smallest absolute Gasteiger partial charge is 0.0403 e. The zero-order valence-corrected chi connectivity index (χ0v) is 9.23. The van der Waals surface area contributed by atoms with E-state index in [1.54, 1.807) is 0 Å². The van der Waals surface area contributed by atoms with Gasteiger partial charge in [-0.25, -0.2) is 0 Å². The highest BCUT2D eigenvalue weighted by atomic mass is 32.3. The molecule has 2 nitrogen and oxygen atoms in total.